The lowest BCUT2D eigenvalue weighted by Gasteiger charge is -2.02. The minimum Gasteiger partial charge on any atom is -0.449 e. The van der Waals surface area contributed by atoms with Crippen molar-refractivity contribution in [3.8, 4) is 0 Å². The van der Waals surface area contributed by atoms with Crippen LogP contribution in [0.1, 0.15) is 5.56 Å². The second kappa shape index (κ2) is 5.32. The maximum atomic E-state index is 11.1. The standard InChI is InChI=1S/C10H13NO2/c1-11-8-13-10(12)7-9-5-3-2-4-6-9/h2-6,11H,7-8H2,1H3. The molecule has 0 aliphatic heterocycles. The third kappa shape index (κ3) is 3.71. The van der Waals surface area contributed by atoms with E-state index in [1.54, 1.807) is 7.05 Å². The van der Waals surface area contributed by atoms with Crippen LogP contribution in [0.15, 0.2) is 30.3 Å². The molecule has 0 saturated heterocycles. The van der Waals surface area contributed by atoms with Crippen LogP contribution in [0.2, 0.25) is 0 Å². The Kier molecular flexibility index (Phi) is 3.99. The van der Waals surface area contributed by atoms with Crippen LogP contribution in [-0.4, -0.2) is 19.7 Å². The van der Waals surface area contributed by atoms with Crippen molar-refractivity contribution in [1.29, 1.82) is 0 Å². The van der Waals surface area contributed by atoms with Gasteiger partial charge in [-0.15, -0.1) is 0 Å². The van der Waals surface area contributed by atoms with Gasteiger partial charge in [0.2, 0.25) is 0 Å². The van der Waals surface area contributed by atoms with Crippen molar-refractivity contribution in [2.24, 2.45) is 0 Å². The van der Waals surface area contributed by atoms with Gasteiger partial charge < -0.3 is 4.74 Å². The van der Waals surface area contributed by atoms with E-state index in [-0.39, 0.29) is 12.7 Å². The Bertz CT molecular complexity index is 259. The van der Waals surface area contributed by atoms with Crippen LogP contribution in [0, 0.1) is 0 Å². The molecule has 0 amide bonds. The molecule has 0 aromatic heterocycles. The van der Waals surface area contributed by atoms with Crippen molar-refractivity contribution < 1.29 is 9.53 Å². The number of benzene rings is 1. The van der Waals surface area contributed by atoms with Crippen LogP contribution in [0.25, 0.3) is 0 Å². The summed E-state index contributed by atoms with van der Waals surface area (Å²) in [6.45, 7) is 0.270. The number of ether oxygens (including phenoxy) is 1. The van der Waals surface area contributed by atoms with E-state index < -0.39 is 0 Å². The first-order valence-electron chi connectivity index (χ1n) is 4.17. The summed E-state index contributed by atoms with van der Waals surface area (Å²) in [6, 6.07) is 9.53. The van der Waals surface area contributed by atoms with E-state index >= 15 is 0 Å². The minimum absolute atomic E-state index is 0.208. The first-order chi connectivity index (χ1) is 6.33. The summed E-state index contributed by atoms with van der Waals surface area (Å²) < 4.78 is 4.85. The molecule has 0 saturated carbocycles. The summed E-state index contributed by atoms with van der Waals surface area (Å²) in [5.41, 5.74) is 0.976. The van der Waals surface area contributed by atoms with Crippen LogP contribution in [0.5, 0.6) is 0 Å². The van der Waals surface area contributed by atoms with Gasteiger partial charge in [0.05, 0.1) is 6.42 Å². The predicted octanol–water partition coefficient (Wildman–Crippen LogP) is 0.949. The fourth-order valence-corrected chi connectivity index (χ4v) is 0.966. The second-order valence-electron chi connectivity index (χ2n) is 2.68. The van der Waals surface area contributed by atoms with Gasteiger partial charge in [-0.25, -0.2) is 0 Å². The third-order valence-corrected chi connectivity index (χ3v) is 1.57. The Morgan fingerprint density at radius 2 is 2.08 bits per heavy atom. The molecule has 0 aliphatic carbocycles. The van der Waals surface area contributed by atoms with Crippen molar-refractivity contribution in [3.63, 3.8) is 0 Å². The molecular weight excluding hydrogens is 166 g/mol. The number of carbonyl (C=O) groups is 1. The SMILES string of the molecule is CNCOC(=O)Cc1ccccc1. The maximum Gasteiger partial charge on any atom is 0.311 e. The lowest BCUT2D eigenvalue weighted by molar-refractivity contribution is -0.143. The second-order valence-corrected chi connectivity index (χ2v) is 2.68. The third-order valence-electron chi connectivity index (χ3n) is 1.57. The number of carbonyl (C=O) groups excluding carboxylic acids is 1. The molecule has 0 radical (unpaired) electrons. The highest BCUT2D eigenvalue weighted by molar-refractivity contribution is 5.72. The van der Waals surface area contributed by atoms with E-state index in [0.29, 0.717) is 6.42 Å². The highest BCUT2D eigenvalue weighted by atomic mass is 16.5. The average molecular weight is 179 g/mol. The topological polar surface area (TPSA) is 38.3 Å². The minimum atomic E-state index is -0.208. The predicted molar refractivity (Wildman–Crippen MR) is 50.2 cm³/mol. The molecule has 0 aliphatic rings. The zero-order chi connectivity index (χ0) is 9.52. The van der Waals surface area contributed by atoms with E-state index in [1.807, 2.05) is 30.3 Å². The Morgan fingerprint density at radius 3 is 2.69 bits per heavy atom. The monoisotopic (exact) mass is 179 g/mol. The Balaban J connectivity index is 2.37. The van der Waals surface area contributed by atoms with Gasteiger partial charge in [-0.2, -0.15) is 0 Å². The molecule has 1 aromatic carbocycles. The van der Waals surface area contributed by atoms with Gasteiger partial charge in [0.15, 0.2) is 0 Å². The largest absolute Gasteiger partial charge is 0.449 e. The lowest BCUT2D eigenvalue weighted by Crippen LogP contribution is -2.17. The van der Waals surface area contributed by atoms with E-state index in [4.69, 9.17) is 4.74 Å². The van der Waals surface area contributed by atoms with Gasteiger partial charge in [0.25, 0.3) is 0 Å². The highest BCUT2D eigenvalue weighted by Gasteiger charge is 2.02. The molecule has 13 heavy (non-hydrogen) atoms. The van der Waals surface area contributed by atoms with Crippen molar-refractivity contribution >= 4 is 5.97 Å². The van der Waals surface area contributed by atoms with Gasteiger partial charge >= 0.3 is 5.97 Å². The molecule has 0 unspecified atom stereocenters. The van der Waals surface area contributed by atoms with E-state index in [2.05, 4.69) is 5.32 Å². The summed E-state index contributed by atoms with van der Waals surface area (Å²) in [5, 5.41) is 2.74. The quantitative estimate of drug-likeness (QED) is 0.552. The first-order valence-corrected chi connectivity index (χ1v) is 4.17. The van der Waals surface area contributed by atoms with Gasteiger partial charge in [-0.1, -0.05) is 30.3 Å². The number of rotatable bonds is 4. The van der Waals surface area contributed by atoms with Crippen LogP contribution < -0.4 is 5.32 Å². The zero-order valence-electron chi connectivity index (χ0n) is 7.62. The molecule has 0 spiro atoms. The van der Waals surface area contributed by atoms with Gasteiger partial charge in [0, 0.05) is 0 Å². The van der Waals surface area contributed by atoms with E-state index in [9.17, 15) is 4.79 Å². The van der Waals surface area contributed by atoms with Crippen LogP contribution in [0.4, 0.5) is 0 Å². The summed E-state index contributed by atoms with van der Waals surface area (Å²) in [6.07, 6.45) is 0.336. The Morgan fingerprint density at radius 1 is 1.38 bits per heavy atom. The van der Waals surface area contributed by atoms with Gasteiger partial charge in [0.1, 0.15) is 6.73 Å². The van der Waals surface area contributed by atoms with Crippen molar-refractivity contribution in [2.75, 3.05) is 13.8 Å². The lowest BCUT2D eigenvalue weighted by atomic mass is 10.2. The van der Waals surface area contributed by atoms with Crippen LogP contribution >= 0.6 is 0 Å². The van der Waals surface area contributed by atoms with Gasteiger partial charge in [-0.3, -0.25) is 10.1 Å². The number of nitrogens with one attached hydrogen (secondary N) is 1. The average Bonchev–Trinajstić information content (AvgIpc) is 2.16. The number of hydrogen-bond donors (Lipinski definition) is 1. The van der Waals surface area contributed by atoms with E-state index in [1.165, 1.54) is 0 Å². The summed E-state index contributed by atoms with van der Waals surface area (Å²) >= 11 is 0. The fraction of sp³-hybridized carbons (Fsp3) is 0.300. The van der Waals surface area contributed by atoms with Crippen LogP contribution in [0.3, 0.4) is 0 Å². The molecule has 0 bridgehead atoms. The van der Waals surface area contributed by atoms with Crippen molar-refractivity contribution in [3.05, 3.63) is 35.9 Å². The molecule has 1 rings (SSSR count). The smallest absolute Gasteiger partial charge is 0.311 e. The Hall–Kier alpha value is -1.35. The number of esters is 1. The molecular formula is C10H13NO2. The normalized spacial score (nSPS) is 9.62. The zero-order valence-corrected chi connectivity index (χ0v) is 7.62. The van der Waals surface area contributed by atoms with Gasteiger partial charge in [-0.05, 0) is 12.6 Å². The molecule has 1 N–H and O–H groups in total. The maximum absolute atomic E-state index is 11.1. The molecule has 0 fully saturated rings. The Labute approximate surface area is 77.7 Å². The molecule has 3 heteroatoms. The van der Waals surface area contributed by atoms with Crippen LogP contribution in [-0.2, 0) is 16.0 Å². The van der Waals surface area contributed by atoms with E-state index in [0.717, 1.165) is 5.56 Å². The molecule has 1 aromatic rings. The van der Waals surface area contributed by atoms with Crippen molar-refractivity contribution in [2.45, 2.75) is 6.42 Å². The first kappa shape index (κ1) is 9.74. The summed E-state index contributed by atoms with van der Waals surface area (Å²) in [4.78, 5) is 11.1. The summed E-state index contributed by atoms with van der Waals surface area (Å²) in [7, 11) is 1.73. The molecule has 0 heterocycles. The van der Waals surface area contributed by atoms with Crippen molar-refractivity contribution in [1.82, 2.24) is 5.32 Å². The summed E-state index contributed by atoms with van der Waals surface area (Å²) in [5.74, 6) is -0.208. The highest BCUT2D eigenvalue weighted by Crippen LogP contribution is 2.00. The molecule has 3 nitrogen and oxygen atoms in total. The fourth-order valence-electron chi connectivity index (χ4n) is 0.966. The molecule has 0 atom stereocenters. The number of hydrogen-bond acceptors (Lipinski definition) is 3. The molecule has 70 valence electrons.